The van der Waals surface area contributed by atoms with E-state index in [9.17, 15) is 0 Å². The van der Waals surface area contributed by atoms with Crippen LogP contribution in [-0.4, -0.2) is 20.3 Å². The highest BCUT2D eigenvalue weighted by molar-refractivity contribution is 5.26. The second-order valence-electron chi connectivity index (χ2n) is 4.35. The van der Waals surface area contributed by atoms with E-state index in [4.69, 9.17) is 4.74 Å². The summed E-state index contributed by atoms with van der Waals surface area (Å²) in [6.45, 7) is 5.19. The van der Waals surface area contributed by atoms with Crippen LogP contribution in [0.3, 0.4) is 0 Å². The van der Waals surface area contributed by atoms with Gasteiger partial charge in [0.15, 0.2) is 0 Å². The number of aryl methyl sites for hydroxylation is 1. The molecule has 0 spiro atoms. The van der Waals surface area contributed by atoms with E-state index >= 15 is 0 Å². The first-order chi connectivity index (χ1) is 8.38. The van der Waals surface area contributed by atoms with Crippen molar-refractivity contribution in [2.75, 3.05) is 20.3 Å². The number of hydrogen-bond acceptors (Lipinski definition) is 2. The average Bonchev–Trinajstić information content (AvgIpc) is 2.38. The standard InChI is InChI=1S/C15H25NO/c1-3-14-9-5-6-10-15(14)13-16-11-7-4-8-12-17-2/h5-6,9-10,16H,3-4,7-8,11-13H2,1-2H3. The highest BCUT2D eigenvalue weighted by atomic mass is 16.5. The number of unbranched alkanes of at least 4 members (excludes halogenated alkanes) is 2. The Balaban J connectivity index is 2.13. The second-order valence-corrected chi connectivity index (χ2v) is 4.35. The molecule has 0 aliphatic carbocycles. The van der Waals surface area contributed by atoms with Gasteiger partial charge in [0, 0.05) is 20.3 Å². The van der Waals surface area contributed by atoms with Crippen LogP contribution in [0.15, 0.2) is 24.3 Å². The Morgan fingerprint density at radius 1 is 1.06 bits per heavy atom. The Hall–Kier alpha value is -0.860. The van der Waals surface area contributed by atoms with Gasteiger partial charge in [-0.1, -0.05) is 31.2 Å². The van der Waals surface area contributed by atoms with E-state index in [-0.39, 0.29) is 0 Å². The van der Waals surface area contributed by atoms with Crippen molar-refractivity contribution in [2.45, 2.75) is 39.2 Å². The van der Waals surface area contributed by atoms with Crippen LogP contribution in [0.2, 0.25) is 0 Å². The third-order valence-electron chi connectivity index (χ3n) is 3.02. The molecule has 1 aromatic carbocycles. The molecule has 96 valence electrons. The molecule has 0 saturated carbocycles. The van der Waals surface area contributed by atoms with E-state index in [0.29, 0.717) is 0 Å². The zero-order chi connectivity index (χ0) is 12.3. The molecule has 1 rings (SSSR count). The lowest BCUT2D eigenvalue weighted by Crippen LogP contribution is -2.15. The van der Waals surface area contributed by atoms with Gasteiger partial charge in [-0.2, -0.15) is 0 Å². The summed E-state index contributed by atoms with van der Waals surface area (Å²) < 4.78 is 5.03. The SMILES string of the molecule is CCc1ccccc1CNCCCCCOC. The zero-order valence-corrected chi connectivity index (χ0v) is 11.2. The van der Waals surface area contributed by atoms with Gasteiger partial charge in [-0.25, -0.2) is 0 Å². The van der Waals surface area contributed by atoms with Gasteiger partial charge in [-0.05, 0) is 43.4 Å². The van der Waals surface area contributed by atoms with Crippen molar-refractivity contribution in [3.63, 3.8) is 0 Å². The summed E-state index contributed by atoms with van der Waals surface area (Å²) in [5, 5.41) is 3.51. The number of hydrogen-bond donors (Lipinski definition) is 1. The number of benzene rings is 1. The molecule has 1 N–H and O–H groups in total. The van der Waals surface area contributed by atoms with Crippen LogP contribution < -0.4 is 5.32 Å². The van der Waals surface area contributed by atoms with E-state index in [0.717, 1.165) is 26.1 Å². The Bertz CT molecular complexity index is 299. The van der Waals surface area contributed by atoms with Crippen LogP contribution in [0, 0.1) is 0 Å². The number of ether oxygens (including phenoxy) is 1. The van der Waals surface area contributed by atoms with Gasteiger partial charge in [-0.3, -0.25) is 0 Å². The monoisotopic (exact) mass is 235 g/mol. The van der Waals surface area contributed by atoms with Crippen LogP contribution >= 0.6 is 0 Å². The van der Waals surface area contributed by atoms with Gasteiger partial charge < -0.3 is 10.1 Å². The van der Waals surface area contributed by atoms with E-state index in [1.54, 1.807) is 7.11 Å². The molecule has 1 aromatic rings. The Kier molecular flexibility index (Phi) is 7.69. The smallest absolute Gasteiger partial charge is 0.0462 e. The van der Waals surface area contributed by atoms with Gasteiger partial charge >= 0.3 is 0 Å². The molecule has 0 saturated heterocycles. The fourth-order valence-corrected chi connectivity index (χ4v) is 1.97. The lowest BCUT2D eigenvalue weighted by molar-refractivity contribution is 0.192. The maximum atomic E-state index is 5.03. The first-order valence-corrected chi connectivity index (χ1v) is 6.65. The minimum absolute atomic E-state index is 0.888. The summed E-state index contributed by atoms with van der Waals surface area (Å²) in [6, 6.07) is 8.67. The largest absolute Gasteiger partial charge is 0.385 e. The van der Waals surface area contributed by atoms with Gasteiger partial charge in [0.25, 0.3) is 0 Å². The summed E-state index contributed by atoms with van der Waals surface area (Å²) in [5.74, 6) is 0. The molecule has 0 atom stereocenters. The van der Waals surface area contributed by atoms with Crippen LogP contribution in [0.25, 0.3) is 0 Å². The van der Waals surface area contributed by atoms with Gasteiger partial charge in [0.1, 0.15) is 0 Å². The molecule has 0 heterocycles. The van der Waals surface area contributed by atoms with Crippen molar-refractivity contribution < 1.29 is 4.74 Å². The normalized spacial score (nSPS) is 10.7. The molecule has 0 unspecified atom stereocenters. The molecule has 0 amide bonds. The van der Waals surface area contributed by atoms with Crippen molar-refractivity contribution >= 4 is 0 Å². The minimum atomic E-state index is 0.888. The lowest BCUT2D eigenvalue weighted by Gasteiger charge is -2.09. The Morgan fingerprint density at radius 3 is 2.53 bits per heavy atom. The van der Waals surface area contributed by atoms with Crippen molar-refractivity contribution in [1.29, 1.82) is 0 Å². The van der Waals surface area contributed by atoms with E-state index in [1.807, 2.05) is 0 Å². The van der Waals surface area contributed by atoms with Gasteiger partial charge in [0.05, 0.1) is 0 Å². The molecule has 0 aliphatic rings. The van der Waals surface area contributed by atoms with Crippen LogP contribution in [-0.2, 0) is 17.7 Å². The second kappa shape index (κ2) is 9.20. The molecule has 0 radical (unpaired) electrons. The summed E-state index contributed by atoms with van der Waals surface area (Å²) in [5.41, 5.74) is 2.89. The third-order valence-corrected chi connectivity index (χ3v) is 3.02. The third kappa shape index (κ3) is 5.85. The number of rotatable bonds is 9. The highest BCUT2D eigenvalue weighted by Gasteiger charge is 1.98. The predicted octanol–water partition coefficient (Wildman–Crippen LogP) is 3.16. The number of methoxy groups -OCH3 is 1. The fraction of sp³-hybridized carbons (Fsp3) is 0.600. The summed E-state index contributed by atoms with van der Waals surface area (Å²) in [7, 11) is 1.76. The fourth-order valence-electron chi connectivity index (χ4n) is 1.97. The first-order valence-electron chi connectivity index (χ1n) is 6.65. The summed E-state index contributed by atoms with van der Waals surface area (Å²) >= 11 is 0. The van der Waals surface area contributed by atoms with E-state index < -0.39 is 0 Å². The van der Waals surface area contributed by atoms with Crippen molar-refractivity contribution in [2.24, 2.45) is 0 Å². The van der Waals surface area contributed by atoms with Gasteiger partial charge in [-0.15, -0.1) is 0 Å². The van der Waals surface area contributed by atoms with Crippen molar-refractivity contribution in [3.8, 4) is 0 Å². The minimum Gasteiger partial charge on any atom is -0.385 e. The van der Waals surface area contributed by atoms with Crippen LogP contribution in [0.5, 0.6) is 0 Å². The predicted molar refractivity (Wildman–Crippen MR) is 73.3 cm³/mol. The molecule has 0 aliphatic heterocycles. The molecule has 0 aromatic heterocycles. The quantitative estimate of drug-likeness (QED) is 0.664. The van der Waals surface area contributed by atoms with E-state index in [1.165, 1.54) is 30.4 Å². The van der Waals surface area contributed by atoms with Gasteiger partial charge in [0.2, 0.25) is 0 Å². The molecular formula is C15H25NO. The Labute approximate surface area is 105 Å². The van der Waals surface area contributed by atoms with Crippen molar-refractivity contribution in [3.05, 3.63) is 35.4 Å². The molecule has 2 heteroatoms. The Morgan fingerprint density at radius 2 is 1.82 bits per heavy atom. The molecule has 0 bridgehead atoms. The maximum absolute atomic E-state index is 5.03. The van der Waals surface area contributed by atoms with Crippen LogP contribution in [0.1, 0.15) is 37.3 Å². The van der Waals surface area contributed by atoms with Crippen LogP contribution in [0.4, 0.5) is 0 Å². The highest BCUT2D eigenvalue weighted by Crippen LogP contribution is 2.08. The molecular weight excluding hydrogens is 210 g/mol. The average molecular weight is 235 g/mol. The molecule has 0 fully saturated rings. The maximum Gasteiger partial charge on any atom is 0.0462 e. The summed E-state index contributed by atoms with van der Waals surface area (Å²) in [6.07, 6.45) is 4.77. The lowest BCUT2D eigenvalue weighted by atomic mass is 10.1. The molecule has 17 heavy (non-hydrogen) atoms. The van der Waals surface area contributed by atoms with E-state index in [2.05, 4.69) is 36.5 Å². The zero-order valence-electron chi connectivity index (χ0n) is 11.2. The topological polar surface area (TPSA) is 21.3 Å². The first kappa shape index (κ1) is 14.2. The summed E-state index contributed by atoms with van der Waals surface area (Å²) in [4.78, 5) is 0. The van der Waals surface area contributed by atoms with Crippen molar-refractivity contribution in [1.82, 2.24) is 5.32 Å². The molecule has 2 nitrogen and oxygen atoms in total. The number of nitrogens with one attached hydrogen (secondary N) is 1.